The van der Waals surface area contributed by atoms with Crippen LogP contribution in [0.5, 0.6) is 0 Å². The van der Waals surface area contributed by atoms with Gasteiger partial charge in [-0.05, 0) is 79.4 Å². The lowest BCUT2D eigenvalue weighted by atomic mass is 9.41. The number of fused-ring (bicyclic) bond motifs is 5. The lowest BCUT2D eigenvalue weighted by Crippen LogP contribution is -2.55. The second-order valence-electron chi connectivity index (χ2n) is 10.2. The Morgan fingerprint density at radius 3 is 2.59 bits per heavy atom. The summed E-state index contributed by atoms with van der Waals surface area (Å²) in [5.41, 5.74) is 4.52. The van der Waals surface area contributed by atoms with E-state index >= 15 is 0 Å². The molecular weight excluding hydrogens is 332 g/mol. The highest BCUT2D eigenvalue weighted by molar-refractivity contribution is 5.66. The first-order valence-corrected chi connectivity index (χ1v) is 11.4. The van der Waals surface area contributed by atoms with Gasteiger partial charge in [0.15, 0.2) is 0 Å². The summed E-state index contributed by atoms with van der Waals surface area (Å²) in [5, 5.41) is 0. The van der Waals surface area contributed by atoms with Gasteiger partial charge in [0.2, 0.25) is 0 Å². The number of carbonyl (C=O) groups excluding carboxylic acids is 1. The zero-order valence-corrected chi connectivity index (χ0v) is 18.1. The summed E-state index contributed by atoms with van der Waals surface area (Å²) in [7, 11) is 0. The van der Waals surface area contributed by atoms with E-state index in [2.05, 4.69) is 39.8 Å². The van der Waals surface area contributed by atoms with Crippen molar-refractivity contribution in [3.63, 3.8) is 0 Å². The van der Waals surface area contributed by atoms with Crippen LogP contribution in [0.2, 0.25) is 0 Å². The van der Waals surface area contributed by atoms with Gasteiger partial charge in [0.1, 0.15) is 6.10 Å². The van der Waals surface area contributed by atoms with Crippen LogP contribution < -0.4 is 0 Å². The topological polar surface area (TPSA) is 26.3 Å². The molecule has 0 N–H and O–H groups in total. The minimum Gasteiger partial charge on any atom is -0.462 e. The number of hydrogen-bond acceptors (Lipinski definition) is 2. The lowest BCUT2D eigenvalue weighted by Gasteiger charge is -2.63. The monoisotopic (exact) mass is 370 g/mol. The highest BCUT2D eigenvalue weighted by Crippen LogP contribution is 2.71. The number of ether oxygens (including phenoxy) is 1. The Labute approximate surface area is 165 Å². The minimum atomic E-state index is -0.125. The highest BCUT2D eigenvalue weighted by atomic mass is 16.5. The molecule has 0 heterocycles. The molecule has 6 atom stereocenters. The summed E-state index contributed by atoms with van der Waals surface area (Å²) in [5.74, 6) is 1.48. The van der Waals surface area contributed by atoms with E-state index in [1.54, 1.807) is 18.1 Å². The maximum absolute atomic E-state index is 11.4. The highest BCUT2D eigenvalue weighted by Gasteiger charge is 2.63. The third-order valence-electron chi connectivity index (χ3n) is 9.62. The van der Waals surface area contributed by atoms with Crippen LogP contribution in [0.25, 0.3) is 0 Å². The van der Waals surface area contributed by atoms with Gasteiger partial charge in [0.25, 0.3) is 0 Å². The predicted octanol–water partition coefficient (Wildman–Crippen LogP) is 6.61. The van der Waals surface area contributed by atoms with Crippen LogP contribution in [0.15, 0.2) is 23.3 Å². The van der Waals surface area contributed by atoms with Crippen LogP contribution in [0.1, 0.15) is 92.4 Å². The van der Waals surface area contributed by atoms with Crippen LogP contribution in [0.3, 0.4) is 0 Å². The molecule has 2 heteroatoms. The molecule has 0 radical (unpaired) electrons. The van der Waals surface area contributed by atoms with E-state index in [9.17, 15) is 4.79 Å². The molecule has 4 aliphatic rings. The number of rotatable bonds is 3. The quantitative estimate of drug-likeness (QED) is 0.413. The lowest BCUT2D eigenvalue weighted by molar-refractivity contribution is -0.149. The zero-order chi connectivity index (χ0) is 19.4. The Morgan fingerprint density at radius 1 is 1.15 bits per heavy atom. The van der Waals surface area contributed by atoms with Gasteiger partial charge in [0.05, 0.1) is 0 Å². The van der Waals surface area contributed by atoms with Crippen molar-refractivity contribution in [1.29, 1.82) is 0 Å². The molecule has 0 aromatic carbocycles. The first-order chi connectivity index (χ1) is 12.8. The summed E-state index contributed by atoms with van der Waals surface area (Å²) in [6, 6.07) is 0. The van der Waals surface area contributed by atoms with E-state index in [4.69, 9.17) is 4.74 Å². The van der Waals surface area contributed by atoms with Crippen molar-refractivity contribution in [3.8, 4) is 0 Å². The average Bonchev–Trinajstić information content (AvgIpc) is 2.94. The summed E-state index contributed by atoms with van der Waals surface area (Å²) < 4.78 is 5.59. The Balaban J connectivity index is 1.66. The maximum atomic E-state index is 11.4. The summed E-state index contributed by atoms with van der Waals surface area (Å²) in [6.07, 6.45) is 16.3. The Kier molecular flexibility index (Phi) is 4.63. The Hall–Kier alpha value is -1.05. The molecule has 0 saturated heterocycles. The zero-order valence-electron chi connectivity index (χ0n) is 18.1. The molecule has 0 bridgehead atoms. The molecule has 27 heavy (non-hydrogen) atoms. The molecule has 2 fully saturated rings. The van der Waals surface area contributed by atoms with Gasteiger partial charge in [-0.15, -0.1) is 0 Å². The first kappa shape index (κ1) is 19.3. The van der Waals surface area contributed by atoms with E-state index < -0.39 is 0 Å². The molecule has 2 saturated carbocycles. The Morgan fingerprint density at radius 2 is 1.93 bits per heavy atom. The number of allylic oxidation sites excluding steroid dienone is 3. The van der Waals surface area contributed by atoms with Crippen molar-refractivity contribution in [2.45, 2.75) is 98.5 Å². The van der Waals surface area contributed by atoms with Crippen molar-refractivity contribution in [1.82, 2.24) is 0 Å². The molecule has 0 amide bonds. The fourth-order valence-electron chi connectivity index (χ4n) is 8.11. The molecular formula is C25H38O2. The molecule has 0 aromatic heterocycles. The normalized spacial score (nSPS) is 45.9. The predicted molar refractivity (Wildman–Crippen MR) is 110 cm³/mol. The standard InChI is InChI=1S/C25H38O2/c1-6-18-10-15-25(7-2)22-9-8-19-16-20(27-17(3)26)11-13-23(19,4)21(22)12-14-24(18,25)5/h8,10,20-22H,6-7,9,11-16H2,1-5H3. The van der Waals surface area contributed by atoms with Gasteiger partial charge < -0.3 is 4.74 Å². The van der Waals surface area contributed by atoms with Crippen LogP contribution in [-0.2, 0) is 9.53 Å². The van der Waals surface area contributed by atoms with Crippen molar-refractivity contribution in [3.05, 3.63) is 23.3 Å². The minimum absolute atomic E-state index is 0.104. The third-order valence-corrected chi connectivity index (χ3v) is 9.62. The fraction of sp³-hybridized carbons (Fsp3) is 0.800. The molecule has 0 aromatic rings. The van der Waals surface area contributed by atoms with E-state index in [0.29, 0.717) is 16.2 Å². The van der Waals surface area contributed by atoms with Crippen molar-refractivity contribution >= 4 is 5.97 Å². The number of carbonyl (C=O) groups is 1. The average molecular weight is 371 g/mol. The number of hydrogen-bond donors (Lipinski definition) is 0. The molecule has 2 nitrogen and oxygen atoms in total. The van der Waals surface area contributed by atoms with Crippen LogP contribution in [-0.4, -0.2) is 12.1 Å². The fourth-order valence-corrected chi connectivity index (χ4v) is 8.11. The number of esters is 1. The van der Waals surface area contributed by atoms with Gasteiger partial charge in [-0.25, -0.2) is 0 Å². The van der Waals surface area contributed by atoms with Gasteiger partial charge in [-0.3, -0.25) is 4.79 Å². The summed E-state index contributed by atoms with van der Waals surface area (Å²) >= 11 is 0. The Bertz CT molecular complexity index is 688. The molecule has 0 spiro atoms. The van der Waals surface area contributed by atoms with Crippen molar-refractivity contribution < 1.29 is 9.53 Å². The van der Waals surface area contributed by atoms with Gasteiger partial charge in [0, 0.05) is 13.3 Å². The van der Waals surface area contributed by atoms with E-state index in [0.717, 1.165) is 24.7 Å². The van der Waals surface area contributed by atoms with Crippen LogP contribution >= 0.6 is 0 Å². The molecule has 150 valence electrons. The van der Waals surface area contributed by atoms with Gasteiger partial charge >= 0.3 is 5.97 Å². The van der Waals surface area contributed by atoms with Crippen molar-refractivity contribution in [2.24, 2.45) is 28.1 Å². The molecule has 4 aliphatic carbocycles. The second-order valence-corrected chi connectivity index (χ2v) is 10.2. The molecule has 6 unspecified atom stereocenters. The second kappa shape index (κ2) is 6.49. The SMILES string of the molecule is CCC1=CCC2(CC)C3CC=C4CC(OC(C)=O)CCC4(C)C3CCC12C. The smallest absolute Gasteiger partial charge is 0.302 e. The molecule has 4 rings (SSSR count). The van der Waals surface area contributed by atoms with E-state index in [-0.39, 0.29) is 12.1 Å². The third kappa shape index (κ3) is 2.54. The molecule has 0 aliphatic heterocycles. The van der Waals surface area contributed by atoms with Crippen molar-refractivity contribution in [2.75, 3.05) is 0 Å². The van der Waals surface area contributed by atoms with Gasteiger partial charge in [-0.1, -0.05) is 51.0 Å². The van der Waals surface area contributed by atoms with Crippen LogP contribution in [0.4, 0.5) is 0 Å². The van der Waals surface area contributed by atoms with E-state index in [1.165, 1.54) is 44.9 Å². The largest absolute Gasteiger partial charge is 0.462 e. The van der Waals surface area contributed by atoms with E-state index in [1.807, 2.05) is 0 Å². The van der Waals surface area contributed by atoms with Gasteiger partial charge in [-0.2, -0.15) is 0 Å². The van der Waals surface area contributed by atoms with Crippen LogP contribution in [0, 0.1) is 28.1 Å². The summed E-state index contributed by atoms with van der Waals surface area (Å²) in [4.78, 5) is 11.4. The first-order valence-electron chi connectivity index (χ1n) is 11.4. The maximum Gasteiger partial charge on any atom is 0.302 e. The summed E-state index contributed by atoms with van der Waals surface area (Å²) in [6.45, 7) is 11.5.